The number of hydrogen-bond donors (Lipinski definition) is 1. The van der Waals surface area contributed by atoms with Crippen LogP contribution in [0.15, 0.2) is 24.4 Å². The number of para-hydroxylation sites is 1. The largest absolute Gasteiger partial charge is 0.344 e. The van der Waals surface area contributed by atoms with Crippen molar-refractivity contribution in [1.29, 1.82) is 0 Å². The number of nitrogens with one attached hydrogen (secondary N) is 1. The number of thiazole rings is 1. The van der Waals surface area contributed by atoms with Crippen LogP contribution in [0.25, 0.3) is 0 Å². The Labute approximate surface area is 119 Å². The van der Waals surface area contributed by atoms with Crippen LogP contribution in [0.5, 0.6) is 0 Å². The van der Waals surface area contributed by atoms with Crippen LogP contribution >= 0.6 is 46.8 Å². The van der Waals surface area contributed by atoms with Crippen LogP contribution in [0.1, 0.15) is 10.4 Å². The number of aryl methyl sites for hydroxylation is 1. The lowest BCUT2D eigenvalue weighted by Gasteiger charge is -2.10. The van der Waals surface area contributed by atoms with Crippen molar-refractivity contribution in [3.8, 4) is 0 Å². The zero-order chi connectivity index (χ0) is 12.4. The summed E-state index contributed by atoms with van der Waals surface area (Å²) in [6.07, 6.45) is 1.65. The topological polar surface area (TPSA) is 24.9 Å². The molecule has 0 saturated heterocycles. The van der Waals surface area contributed by atoms with Crippen molar-refractivity contribution in [3.63, 3.8) is 0 Å². The molecule has 1 aromatic heterocycles. The van der Waals surface area contributed by atoms with Crippen molar-refractivity contribution in [2.75, 3.05) is 5.32 Å². The van der Waals surface area contributed by atoms with E-state index in [-0.39, 0.29) is 0 Å². The lowest BCUT2D eigenvalue weighted by atomic mass is 10.2. The summed E-state index contributed by atoms with van der Waals surface area (Å²) in [5.74, 6) is 0. The van der Waals surface area contributed by atoms with Gasteiger partial charge >= 0.3 is 0 Å². The summed E-state index contributed by atoms with van der Waals surface area (Å²) < 4.78 is 0.472. The third-order valence-electron chi connectivity index (χ3n) is 2.16. The van der Waals surface area contributed by atoms with E-state index in [2.05, 4.69) is 10.3 Å². The summed E-state index contributed by atoms with van der Waals surface area (Å²) in [6.45, 7) is 1.97. The Bertz CT molecular complexity index is 546. The van der Waals surface area contributed by atoms with Crippen LogP contribution in [0.3, 0.4) is 0 Å². The molecule has 2 aromatic rings. The summed E-state index contributed by atoms with van der Waals surface area (Å²) in [5, 5.41) is 3.76. The lowest BCUT2D eigenvalue weighted by Crippen LogP contribution is -2.10. The maximum atomic E-state index is 6.11. The van der Waals surface area contributed by atoms with Gasteiger partial charge in [-0.25, -0.2) is 4.98 Å². The smallest absolute Gasteiger partial charge is 0.184 e. The van der Waals surface area contributed by atoms with Gasteiger partial charge in [0.1, 0.15) is 4.99 Å². The van der Waals surface area contributed by atoms with Crippen LogP contribution < -0.4 is 5.32 Å². The zero-order valence-electron chi connectivity index (χ0n) is 8.83. The average Bonchev–Trinajstić information content (AvgIpc) is 2.70. The van der Waals surface area contributed by atoms with Gasteiger partial charge in [-0.15, -0.1) is 11.3 Å². The fourth-order valence-corrected chi connectivity index (χ4v) is 2.71. The number of aromatic nitrogens is 1. The Hall–Kier alpha value is -0.680. The Morgan fingerprint density at radius 1 is 1.41 bits per heavy atom. The van der Waals surface area contributed by atoms with E-state index in [0.717, 1.165) is 16.1 Å². The van der Waals surface area contributed by atoms with Crippen molar-refractivity contribution in [2.24, 2.45) is 0 Å². The highest BCUT2D eigenvalue weighted by Gasteiger charge is 2.09. The van der Waals surface area contributed by atoms with Crippen LogP contribution in [-0.2, 0) is 0 Å². The molecule has 0 unspecified atom stereocenters. The van der Waals surface area contributed by atoms with Gasteiger partial charge in [0.05, 0.1) is 15.6 Å². The van der Waals surface area contributed by atoms with Gasteiger partial charge in [-0.1, -0.05) is 47.6 Å². The summed E-state index contributed by atoms with van der Waals surface area (Å²) in [6, 6.07) is 5.69. The van der Waals surface area contributed by atoms with E-state index in [1.165, 1.54) is 11.3 Å². The molecular weight excluding hydrogens is 295 g/mol. The Balaban J connectivity index is 2.24. The SMILES string of the molecule is Cc1cccc(Cl)c1NC(=S)c1cnc(Cl)s1. The molecule has 0 aliphatic heterocycles. The molecule has 0 saturated carbocycles. The van der Waals surface area contributed by atoms with Gasteiger partial charge in [-0.2, -0.15) is 0 Å². The highest BCUT2D eigenvalue weighted by molar-refractivity contribution is 7.81. The zero-order valence-corrected chi connectivity index (χ0v) is 12.0. The molecule has 0 aliphatic carbocycles. The van der Waals surface area contributed by atoms with Gasteiger partial charge < -0.3 is 5.32 Å². The molecule has 0 aliphatic rings. The maximum Gasteiger partial charge on any atom is 0.184 e. The van der Waals surface area contributed by atoms with Crippen molar-refractivity contribution in [2.45, 2.75) is 6.92 Å². The quantitative estimate of drug-likeness (QED) is 0.824. The minimum atomic E-state index is 0.472. The molecule has 1 N–H and O–H groups in total. The predicted octanol–water partition coefficient (Wildman–Crippen LogP) is 4.55. The van der Waals surface area contributed by atoms with Crippen molar-refractivity contribution < 1.29 is 0 Å². The second-order valence-corrected chi connectivity index (χ2v) is 5.79. The standard InChI is InChI=1S/C11H8Cl2N2S2/c1-6-3-2-4-7(12)9(6)15-10(16)8-5-14-11(13)17-8/h2-5H,1H3,(H,15,16). The Kier molecular flexibility index (Phi) is 3.99. The van der Waals surface area contributed by atoms with Gasteiger partial charge in [-0.05, 0) is 18.6 Å². The fourth-order valence-electron chi connectivity index (χ4n) is 1.32. The van der Waals surface area contributed by atoms with Crippen LogP contribution in [0.4, 0.5) is 5.69 Å². The molecule has 0 radical (unpaired) electrons. The number of nitrogens with zero attached hydrogens (tertiary/aromatic N) is 1. The lowest BCUT2D eigenvalue weighted by molar-refractivity contribution is 1.41. The molecule has 0 amide bonds. The van der Waals surface area contributed by atoms with Crippen molar-refractivity contribution >= 4 is 57.4 Å². The third-order valence-corrected chi connectivity index (χ3v) is 4.06. The number of thiocarbonyl (C=S) groups is 1. The monoisotopic (exact) mass is 302 g/mol. The summed E-state index contributed by atoms with van der Waals surface area (Å²) in [7, 11) is 0. The molecule has 1 aromatic carbocycles. The third kappa shape index (κ3) is 2.96. The van der Waals surface area contributed by atoms with Gasteiger partial charge in [0.25, 0.3) is 0 Å². The first-order valence-corrected chi connectivity index (χ1v) is 6.74. The molecule has 1 heterocycles. The first kappa shape index (κ1) is 12.8. The summed E-state index contributed by atoms with van der Waals surface area (Å²) in [5.41, 5.74) is 1.86. The molecule has 0 spiro atoms. The number of rotatable bonds is 2. The van der Waals surface area contributed by atoms with Gasteiger partial charge in [0.15, 0.2) is 4.47 Å². The normalized spacial score (nSPS) is 10.3. The summed E-state index contributed by atoms with van der Waals surface area (Å²) in [4.78, 5) is 5.35. The van der Waals surface area contributed by atoms with E-state index < -0.39 is 0 Å². The second-order valence-electron chi connectivity index (χ2n) is 3.36. The molecule has 88 valence electrons. The van der Waals surface area contributed by atoms with E-state index in [9.17, 15) is 0 Å². The first-order valence-electron chi connectivity index (χ1n) is 4.75. The number of benzene rings is 1. The second kappa shape index (κ2) is 5.31. The van der Waals surface area contributed by atoms with Crippen LogP contribution in [-0.4, -0.2) is 9.97 Å². The minimum absolute atomic E-state index is 0.472. The molecule has 2 nitrogen and oxygen atoms in total. The Morgan fingerprint density at radius 3 is 2.76 bits per heavy atom. The first-order chi connectivity index (χ1) is 8.08. The van der Waals surface area contributed by atoms with Gasteiger partial charge in [0, 0.05) is 6.20 Å². The Morgan fingerprint density at radius 2 is 2.18 bits per heavy atom. The van der Waals surface area contributed by atoms with Gasteiger partial charge in [-0.3, -0.25) is 0 Å². The highest BCUT2D eigenvalue weighted by Crippen LogP contribution is 2.27. The predicted molar refractivity (Wildman–Crippen MR) is 78.6 cm³/mol. The summed E-state index contributed by atoms with van der Waals surface area (Å²) >= 11 is 18.5. The molecule has 17 heavy (non-hydrogen) atoms. The van der Waals surface area contributed by atoms with Crippen molar-refractivity contribution in [3.05, 3.63) is 44.3 Å². The molecule has 0 atom stereocenters. The van der Waals surface area contributed by atoms with Gasteiger partial charge in [0.2, 0.25) is 0 Å². The number of hydrogen-bond acceptors (Lipinski definition) is 3. The number of halogens is 2. The minimum Gasteiger partial charge on any atom is -0.344 e. The molecular formula is C11H8Cl2N2S2. The van der Waals surface area contributed by atoms with E-state index in [4.69, 9.17) is 35.4 Å². The van der Waals surface area contributed by atoms with Crippen LogP contribution in [0.2, 0.25) is 9.49 Å². The molecule has 6 heteroatoms. The van der Waals surface area contributed by atoms with E-state index in [1.807, 2.05) is 25.1 Å². The molecule has 0 bridgehead atoms. The molecule has 2 rings (SSSR count). The van der Waals surface area contributed by atoms with Crippen molar-refractivity contribution in [1.82, 2.24) is 4.98 Å². The highest BCUT2D eigenvalue weighted by atomic mass is 35.5. The van der Waals surface area contributed by atoms with E-state index in [0.29, 0.717) is 14.5 Å². The number of anilines is 1. The fraction of sp³-hybridized carbons (Fsp3) is 0.0909. The average molecular weight is 303 g/mol. The maximum absolute atomic E-state index is 6.11. The van der Waals surface area contributed by atoms with Crippen LogP contribution in [0, 0.1) is 6.92 Å². The molecule has 0 fully saturated rings. The van der Waals surface area contributed by atoms with E-state index in [1.54, 1.807) is 6.20 Å². The van der Waals surface area contributed by atoms with E-state index >= 15 is 0 Å².